The zero-order chi connectivity index (χ0) is 59.0. The summed E-state index contributed by atoms with van der Waals surface area (Å²) in [6.45, 7) is 34.6. The van der Waals surface area contributed by atoms with E-state index in [9.17, 15) is 0 Å². The Kier molecular flexibility index (Phi) is 12.8. The van der Waals surface area contributed by atoms with E-state index in [2.05, 4.69) is 331 Å². The van der Waals surface area contributed by atoms with Gasteiger partial charge in [0.15, 0.2) is 0 Å². The lowest BCUT2D eigenvalue weighted by Crippen LogP contribution is -2.61. The molecule has 0 atom stereocenters. The first-order chi connectivity index (χ1) is 39.9. The average molecular weight is 1090 g/mol. The maximum Gasteiger partial charge on any atom is 0.333 e. The van der Waals surface area contributed by atoms with Crippen LogP contribution in [0.2, 0.25) is 0 Å². The van der Waals surface area contributed by atoms with Crippen LogP contribution in [0.25, 0.3) is 44.5 Å². The van der Waals surface area contributed by atoms with Gasteiger partial charge in [-0.25, -0.2) is 0 Å². The predicted octanol–water partition coefficient (Wildman–Crippen LogP) is 21.0. The number of benzene rings is 10. The van der Waals surface area contributed by atoms with E-state index in [1.54, 1.807) is 0 Å². The van der Waals surface area contributed by atoms with Gasteiger partial charge in [-0.15, -0.1) is 0 Å². The fourth-order valence-electron chi connectivity index (χ4n) is 13.8. The summed E-state index contributed by atoms with van der Waals surface area (Å²) >= 11 is 0. The van der Waals surface area contributed by atoms with Crippen LogP contribution in [0.1, 0.15) is 136 Å². The summed E-state index contributed by atoms with van der Waals surface area (Å²) in [6.07, 6.45) is 0. The standard InChI is InChI=1S/C80H80BN3/c1-51-23-19-20-26-62(51)53-47-66-63-43-42-61(82(58-36-29-54(30-37-58)76(2,3)4)59-38-31-55(32-39-59)77(5,6)7)50-71(63)84(60-40-33-56(34-41-60)78(8,9)10)81-69-45-44-68-73(64-27-21-22-28-67(64)80(68,14)15)75(69)83(72(48-53)74(66)81)70-46-35-57(79(11,12)13)49-65(70)52-24-17-16-18-25-52/h16-50H,1-15H3. The van der Waals surface area contributed by atoms with Crippen LogP contribution >= 0.6 is 0 Å². The molecule has 0 radical (unpaired) electrons. The van der Waals surface area contributed by atoms with Crippen molar-refractivity contribution in [1.29, 1.82) is 0 Å². The van der Waals surface area contributed by atoms with Gasteiger partial charge in [-0.1, -0.05) is 236 Å². The summed E-state index contributed by atoms with van der Waals surface area (Å²) in [5.41, 5.74) is 30.6. The lowest BCUT2D eigenvalue weighted by Gasteiger charge is -2.47. The summed E-state index contributed by atoms with van der Waals surface area (Å²) in [4.78, 5) is 7.89. The summed E-state index contributed by atoms with van der Waals surface area (Å²) in [6, 6.07) is 82.1. The maximum absolute atomic E-state index is 2.71. The molecule has 0 amide bonds. The molecule has 2 aliphatic heterocycles. The van der Waals surface area contributed by atoms with E-state index in [4.69, 9.17) is 0 Å². The summed E-state index contributed by atoms with van der Waals surface area (Å²) in [5.74, 6) is 0. The molecule has 0 aromatic heterocycles. The van der Waals surface area contributed by atoms with Crippen LogP contribution in [0, 0.1) is 6.92 Å². The first-order valence-corrected chi connectivity index (χ1v) is 30.4. The van der Waals surface area contributed by atoms with Crippen LogP contribution < -0.4 is 25.5 Å². The highest BCUT2D eigenvalue weighted by Gasteiger charge is 2.49. The van der Waals surface area contributed by atoms with Crippen molar-refractivity contribution in [3.05, 3.63) is 251 Å². The third kappa shape index (κ3) is 9.11. The minimum Gasteiger partial charge on any atom is -0.376 e. The minimum atomic E-state index is -0.240. The second-order valence-corrected chi connectivity index (χ2v) is 28.8. The molecule has 1 aliphatic carbocycles. The van der Waals surface area contributed by atoms with Gasteiger partial charge < -0.3 is 14.6 Å². The Hall–Kier alpha value is -8.34. The van der Waals surface area contributed by atoms with Crippen molar-refractivity contribution in [2.45, 2.75) is 131 Å². The van der Waals surface area contributed by atoms with Crippen molar-refractivity contribution < 1.29 is 0 Å². The van der Waals surface area contributed by atoms with Crippen LogP contribution in [0.5, 0.6) is 0 Å². The number of aryl methyl sites for hydroxylation is 1. The molecule has 0 saturated carbocycles. The predicted molar refractivity (Wildman–Crippen MR) is 363 cm³/mol. The van der Waals surface area contributed by atoms with E-state index in [0.29, 0.717) is 0 Å². The molecule has 3 aliphatic rings. The van der Waals surface area contributed by atoms with Crippen LogP contribution in [0.3, 0.4) is 0 Å². The molecule has 0 N–H and O–H groups in total. The van der Waals surface area contributed by atoms with Gasteiger partial charge >= 0.3 is 6.85 Å². The van der Waals surface area contributed by atoms with Crippen molar-refractivity contribution in [3.63, 3.8) is 0 Å². The Morgan fingerprint density at radius 1 is 0.381 bits per heavy atom. The zero-order valence-electron chi connectivity index (χ0n) is 52.1. The molecule has 4 heteroatoms. The molecule has 10 aromatic rings. The van der Waals surface area contributed by atoms with Gasteiger partial charge in [0, 0.05) is 56.2 Å². The SMILES string of the molecule is Cc1ccccc1-c1cc2c3c(c1)N(c1ccc(C(C)(C)C)cc1-c1ccccc1)c1c(ccc4c1-c1ccccc1C4(C)C)B3N(c1ccc(C(C)(C)C)cc1)c1cc(N(c3ccc(C(C)(C)C)cc3)c3ccc(C(C)(C)C)cc3)ccc1-2. The molecule has 0 bridgehead atoms. The molecule has 13 rings (SSSR count). The quantitative estimate of drug-likeness (QED) is 0.147. The Labute approximate surface area is 501 Å². The van der Waals surface area contributed by atoms with E-state index in [-0.39, 0.29) is 33.9 Å². The largest absolute Gasteiger partial charge is 0.376 e. The van der Waals surface area contributed by atoms with E-state index >= 15 is 0 Å². The second-order valence-electron chi connectivity index (χ2n) is 28.8. The monoisotopic (exact) mass is 1090 g/mol. The third-order valence-corrected chi connectivity index (χ3v) is 18.6. The molecule has 0 spiro atoms. The number of hydrogen-bond donors (Lipinski definition) is 0. The number of rotatable bonds is 7. The zero-order valence-corrected chi connectivity index (χ0v) is 52.1. The Morgan fingerprint density at radius 2 is 0.917 bits per heavy atom. The molecular formula is C80H80BN3. The molecular weight excluding hydrogens is 1010 g/mol. The van der Waals surface area contributed by atoms with Gasteiger partial charge in [0.25, 0.3) is 0 Å². The molecule has 418 valence electrons. The Balaban J connectivity index is 1.17. The van der Waals surface area contributed by atoms with Gasteiger partial charge in [-0.2, -0.15) is 0 Å². The van der Waals surface area contributed by atoms with Crippen LogP contribution in [0.15, 0.2) is 212 Å². The highest BCUT2D eigenvalue weighted by atomic mass is 15.2. The van der Waals surface area contributed by atoms with Crippen molar-refractivity contribution in [1.82, 2.24) is 0 Å². The molecule has 10 aromatic carbocycles. The minimum absolute atomic E-state index is 0.0127. The number of anilines is 8. The van der Waals surface area contributed by atoms with Gasteiger partial charge in [0.1, 0.15) is 0 Å². The molecule has 0 unspecified atom stereocenters. The van der Waals surface area contributed by atoms with Crippen molar-refractivity contribution in [2.24, 2.45) is 0 Å². The highest BCUT2D eigenvalue weighted by Crippen LogP contribution is 2.58. The van der Waals surface area contributed by atoms with Crippen molar-refractivity contribution in [2.75, 3.05) is 14.6 Å². The topological polar surface area (TPSA) is 9.72 Å². The first-order valence-electron chi connectivity index (χ1n) is 30.4. The second kappa shape index (κ2) is 19.6. The highest BCUT2D eigenvalue weighted by molar-refractivity contribution is 6.93. The van der Waals surface area contributed by atoms with Crippen LogP contribution in [0.4, 0.5) is 45.5 Å². The summed E-state index contributed by atoms with van der Waals surface area (Å²) in [5, 5.41) is 0. The Bertz CT molecular complexity index is 4140. The molecule has 0 saturated heterocycles. The normalized spacial score (nSPS) is 14.2. The fourth-order valence-corrected chi connectivity index (χ4v) is 13.8. The van der Waals surface area contributed by atoms with Crippen molar-refractivity contribution in [3.8, 4) is 44.5 Å². The van der Waals surface area contributed by atoms with E-state index in [1.807, 2.05) is 0 Å². The lowest BCUT2D eigenvalue weighted by molar-refractivity contribution is 0.590. The van der Waals surface area contributed by atoms with Crippen LogP contribution in [-0.2, 0) is 27.1 Å². The average Bonchev–Trinajstić information content (AvgIpc) is 1.13. The van der Waals surface area contributed by atoms with Crippen molar-refractivity contribution >= 4 is 63.3 Å². The maximum atomic E-state index is 2.71. The molecule has 2 heterocycles. The van der Waals surface area contributed by atoms with E-state index in [0.717, 1.165) is 22.7 Å². The number of hydrogen-bond acceptors (Lipinski definition) is 3. The van der Waals surface area contributed by atoms with Crippen LogP contribution in [-0.4, -0.2) is 6.85 Å². The van der Waals surface area contributed by atoms with Gasteiger partial charge in [-0.05, 0) is 179 Å². The Morgan fingerprint density at radius 3 is 1.51 bits per heavy atom. The molecule has 0 fully saturated rings. The van der Waals surface area contributed by atoms with Gasteiger partial charge in [-0.3, -0.25) is 0 Å². The van der Waals surface area contributed by atoms with Gasteiger partial charge in [0.2, 0.25) is 0 Å². The smallest absolute Gasteiger partial charge is 0.333 e. The first kappa shape index (κ1) is 54.9. The van der Waals surface area contributed by atoms with E-state index < -0.39 is 0 Å². The molecule has 84 heavy (non-hydrogen) atoms. The fraction of sp³-hybridized carbons (Fsp3) is 0.250. The lowest BCUT2D eigenvalue weighted by atomic mass is 9.43. The summed E-state index contributed by atoms with van der Waals surface area (Å²) < 4.78 is 0. The molecule has 3 nitrogen and oxygen atoms in total. The third-order valence-electron chi connectivity index (χ3n) is 18.6. The van der Waals surface area contributed by atoms with E-state index in [1.165, 1.54) is 117 Å². The van der Waals surface area contributed by atoms with Gasteiger partial charge in [0.05, 0.1) is 11.4 Å². The number of fused-ring (bicyclic) bond motifs is 8. The number of nitrogens with zero attached hydrogens (tertiary/aromatic N) is 3. The summed E-state index contributed by atoms with van der Waals surface area (Å²) in [7, 11) is 0.